The summed E-state index contributed by atoms with van der Waals surface area (Å²) in [6.07, 6.45) is 6.79. The molecule has 22 heavy (non-hydrogen) atoms. The molecule has 1 atom stereocenters. The summed E-state index contributed by atoms with van der Waals surface area (Å²) in [5.74, 6) is 0. The summed E-state index contributed by atoms with van der Waals surface area (Å²) in [6, 6.07) is 14.3. The lowest BCUT2D eigenvalue weighted by molar-refractivity contribution is 0.558. The fourth-order valence-electron chi connectivity index (χ4n) is 3.23. The molecule has 1 aliphatic carbocycles. The molecular weight excluding hydrogens is 272 g/mol. The number of pyridine rings is 1. The van der Waals surface area contributed by atoms with E-state index in [0.29, 0.717) is 0 Å². The number of hydrogen-bond donors (Lipinski definition) is 1. The molecule has 110 valence electrons. The quantitative estimate of drug-likeness (QED) is 0.788. The van der Waals surface area contributed by atoms with Crippen molar-refractivity contribution in [2.24, 2.45) is 5.73 Å². The maximum absolute atomic E-state index is 6.40. The van der Waals surface area contributed by atoms with Crippen LogP contribution in [0.4, 0.5) is 0 Å². The van der Waals surface area contributed by atoms with Crippen molar-refractivity contribution in [3.63, 3.8) is 0 Å². The van der Waals surface area contributed by atoms with E-state index in [4.69, 9.17) is 10.8 Å². The number of para-hydroxylation sites is 1. The van der Waals surface area contributed by atoms with Gasteiger partial charge in [0.15, 0.2) is 0 Å². The molecule has 0 saturated carbocycles. The first-order chi connectivity index (χ1) is 10.8. The summed E-state index contributed by atoms with van der Waals surface area (Å²) >= 11 is 0. The van der Waals surface area contributed by atoms with Crippen LogP contribution in [0.15, 0.2) is 54.9 Å². The van der Waals surface area contributed by atoms with Gasteiger partial charge in [-0.1, -0.05) is 18.2 Å². The van der Waals surface area contributed by atoms with Gasteiger partial charge in [-0.3, -0.25) is 4.98 Å². The van der Waals surface area contributed by atoms with Crippen LogP contribution in [0.25, 0.3) is 16.9 Å². The highest BCUT2D eigenvalue weighted by molar-refractivity contribution is 5.65. The predicted molar refractivity (Wildman–Crippen MR) is 86.7 cm³/mol. The van der Waals surface area contributed by atoms with E-state index in [-0.39, 0.29) is 6.04 Å². The van der Waals surface area contributed by atoms with E-state index in [1.165, 1.54) is 11.3 Å². The third-order valence-corrected chi connectivity index (χ3v) is 4.26. The van der Waals surface area contributed by atoms with Gasteiger partial charge in [0.25, 0.3) is 0 Å². The first-order valence-electron chi connectivity index (χ1n) is 7.68. The normalized spacial score (nSPS) is 17.2. The number of rotatable bonds is 2. The van der Waals surface area contributed by atoms with Crippen molar-refractivity contribution in [2.75, 3.05) is 0 Å². The maximum atomic E-state index is 6.40. The SMILES string of the molecule is NC1CCCc2c1c(-c1cccnc1)nn2-c1ccccc1. The molecular formula is C18H18N4. The minimum absolute atomic E-state index is 0.0522. The molecule has 0 radical (unpaired) electrons. The first-order valence-corrected chi connectivity index (χ1v) is 7.68. The smallest absolute Gasteiger partial charge is 0.0993 e. The average molecular weight is 290 g/mol. The van der Waals surface area contributed by atoms with Crippen LogP contribution in [0.3, 0.4) is 0 Å². The molecule has 1 aromatic carbocycles. The zero-order chi connectivity index (χ0) is 14.9. The van der Waals surface area contributed by atoms with Crippen molar-refractivity contribution >= 4 is 0 Å². The Hall–Kier alpha value is -2.46. The van der Waals surface area contributed by atoms with Gasteiger partial charge in [0.05, 0.1) is 11.4 Å². The van der Waals surface area contributed by atoms with Crippen molar-refractivity contribution in [1.82, 2.24) is 14.8 Å². The maximum Gasteiger partial charge on any atom is 0.0993 e. The molecule has 2 N–H and O–H groups in total. The molecule has 0 fully saturated rings. The second-order valence-corrected chi connectivity index (χ2v) is 5.70. The third-order valence-electron chi connectivity index (χ3n) is 4.26. The van der Waals surface area contributed by atoms with Crippen LogP contribution in [0.2, 0.25) is 0 Å². The van der Waals surface area contributed by atoms with Crippen molar-refractivity contribution in [3.05, 3.63) is 66.1 Å². The lowest BCUT2D eigenvalue weighted by atomic mass is 9.90. The van der Waals surface area contributed by atoms with E-state index in [1.807, 2.05) is 36.5 Å². The molecule has 1 unspecified atom stereocenters. The molecule has 0 amide bonds. The molecule has 4 heteroatoms. The molecule has 4 rings (SSSR count). The largest absolute Gasteiger partial charge is 0.324 e. The molecule has 0 saturated heterocycles. The van der Waals surface area contributed by atoms with Crippen LogP contribution in [0.5, 0.6) is 0 Å². The van der Waals surface area contributed by atoms with Crippen molar-refractivity contribution in [3.8, 4) is 16.9 Å². The summed E-state index contributed by atoms with van der Waals surface area (Å²) in [5.41, 5.74) is 11.9. The molecule has 0 spiro atoms. The van der Waals surface area contributed by atoms with Gasteiger partial charge in [-0.25, -0.2) is 4.68 Å². The van der Waals surface area contributed by atoms with E-state index in [9.17, 15) is 0 Å². The van der Waals surface area contributed by atoms with Gasteiger partial charge in [-0.05, 0) is 43.5 Å². The minimum Gasteiger partial charge on any atom is -0.324 e. The van der Waals surface area contributed by atoms with Crippen LogP contribution >= 0.6 is 0 Å². The predicted octanol–water partition coefficient (Wildman–Crippen LogP) is 3.27. The molecule has 2 heterocycles. The zero-order valence-corrected chi connectivity index (χ0v) is 12.3. The Kier molecular flexibility index (Phi) is 3.24. The van der Waals surface area contributed by atoms with Crippen LogP contribution in [-0.2, 0) is 6.42 Å². The molecule has 0 bridgehead atoms. The summed E-state index contributed by atoms with van der Waals surface area (Å²) in [4.78, 5) is 4.23. The summed E-state index contributed by atoms with van der Waals surface area (Å²) in [6.45, 7) is 0. The molecule has 0 aliphatic heterocycles. The first kappa shape index (κ1) is 13.2. The van der Waals surface area contributed by atoms with Crippen LogP contribution in [-0.4, -0.2) is 14.8 Å². The van der Waals surface area contributed by atoms with Crippen LogP contribution in [0, 0.1) is 0 Å². The Bertz CT molecular complexity index is 778. The van der Waals surface area contributed by atoms with E-state index >= 15 is 0 Å². The summed E-state index contributed by atoms with van der Waals surface area (Å²) < 4.78 is 2.05. The number of nitrogens with two attached hydrogens (primary N) is 1. The zero-order valence-electron chi connectivity index (χ0n) is 12.3. The lowest BCUT2D eigenvalue weighted by Gasteiger charge is -2.20. The van der Waals surface area contributed by atoms with Gasteiger partial charge >= 0.3 is 0 Å². The Labute approximate surface area is 129 Å². The molecule has 4 nitrogen and oxygen atoms in total. The average Bonchev–Trinajstić information content (AvgIpc) is 2.98. The van der Waals surface area contributed by atoms with Gasteiger partial charge in [-0.15, -0.1) is 0 Å². The Morgan fingerprint density at radius 2 is 1.95 bits per heavy atom. The number of hydrogen-bond acceptors (Lipinski definition) is 3. The van der Waals surface area contributed by atoms with Gasteiger partial charge in [0.1, 0.15) is 0 Å². The minimum atomic E-state index is 0.0522. The second-order valence-electron chi connectivity index (χ2n) is 5.70. The Balaban J connectivity index is 1.95. The van der Waals surface area contributed by atoms with Gasteiger partial charge in [0.2, 0.25) is 0 Å². The van der Waals surface area contributed by atoms with Gasteiger partial charge < -0.3 is 5.73 Å². The lowest BCUT2D eigenvalue weighted by Crippen LogP contribution is -2.18. The van der Waals surface area contributed by atoms with Crippen LogP contribution in [0.1, 0.15) is 30.1 Å². The number of benzene rings is 1. The van der Waals surface area contributed by atoms with E-state index < -0.39 is 0 Å². The van der Waals surface area contributed by atoms with Gasteiger partial charge in [-0.2, -0.15) is 5.10 Å². The highest BCUT2D eigenvalue weighted by atomic mass is 15.3. The third kappa shape index (κ3) is 2.12. The van der Waals surface area contributed by atoms with Gasteiger partial charge in [0, 0.05) is 35.3 Å². The van der Waals surface area contributed by atoms with Crippen LogP contribution < -0.4 is 5.73 Å². The fraction of sp³-hybridized carbons (Fsp3) is 0.222. The van der Waals surface area contributed by atoms with E-state index in [1.54, 1.807) is 6.20 Å². The van der Waals surface area contributed by atoms with E-state index in [2.05, 4.69) is 21.8 Å². The summed E-state index contributed by atoms with van der Waals surface area (Å²) in [5, 5.41) is 4.88. The molecule has 1 aliphatic rings. The number of nitrogens with zero attached hydrogens (tertiary/aromatic N) is 3. The summed E-state index contributed by atoms with van der Waals surface area (Å²) in [7, 11) is 0. The molecule has 2 aromatic heterocycles. The molecule has 3 aromatic rings. The highest BCUT2D eigenvalue weighted by Crippen LogP contribution is 2.36. The second kappa shape index (κ2) is 5.39. The highest BCUT2D eigenvalue weighted by Gasteiger charge is 2.27. The Morgan fingerprint density at radius 1 is 1.09 bits per heavy atom. The monoisotopic (exact) mass is 290 g/mol. The Morgan fingerprint density at radius 3 is 2.73 bits per heavy atom. The van der Waals surface area contributed by atoms with Crippen molar-refractivity contribution in [2.45, 2.75) is 25.3 Å². The topological polar surface area (TPSA) is 56.7 Å². The number of fused-ring (bicyclic) bond motifs is 1. The van der Waals surface area contributed by atoms with Crippen molar-refractivity contribution in [1.29, 1.82) is 0 Å². The number of aromatic nitrogens is 3. The van der Waals surface area contributed by atoms with Crippen molar-refractivity contribution < 1.29 is 0 Å². The van der Waals surface area contributed by atoms with E-state index in [0.717, 1.165) is 36.2 Å². The standard InChI is InChI=1S/C18H18N4/c19-15-9-4-10-16-17(15)18(13-6-5-11-20-12-13)21-22(16)14-7-2-1-3-8-14/h1-3,5-8,11-12,15H,4,9-10,19H2. The fourth-order valence-corrected chi connectivity index (χ4v) is 3.23.